The highest BCUT2D eigenvalue weighted by atomic mass is 127. The van der Waals surface area contributed by atoms with Gasteiger partial charge in [-0.1, -0.05) is 30.4 Å². The van der Waals surface area contributed by atoms with Gasteiger partial charge in [0.2, 0.25) is 0 Å². The topological polar surface area (TPSA) is 0 Å². The third kappa shape index (κ3) is 1.82. The van der Waals surface area contributed by atoms with E-state index in [9.17, 15) is 0 Å². The average molecular weight is 294 g/mol. The number of fused-ring (bicyclic) bond motifs is 1. The first kappa shape index (κ1) is 9.71. The zero-order valence-electron chi connectivity index (χ0n) is 8.05. The summed E-state index contributed by atoms with van der Waals surface area (Å²) in [6, 6.07) is 12.9. The summed E-state index contributed by atoms with van der Waals surface area (Å²) in [7, 11) is 0. The molecule has 0 amide bonds. The fraction of sp³-hybridized carbons (Fsp3) is 0.0769. The van der Waals surface area contributed by atoms with Crippen LogP contribution in [0, 0.1) is 3.57 Å². The Morgan fingerprint density at radius 3 is 2.43 bits per heavy atom. The highest BCUT2D eigenvalue weighted by Crippen LogP contribution is 2.21. The molecule has 0 fully saturated rings. The van der Waals surface area contributed by atoms with Crippen molar-refractivity contribution in [3.05, 3.63) is 52.1 Å². The molecule has 0 saturated heterocycles. The van der Waals surface area contributed by atoms with E-state index in [1.807, 2.05) is 6.92 Å². The van der Waals surface area contributed by atoms with Gasteiger partial charge >= 0.3 is 0 Å². The summed E-state index contributed by atoms with van der Waals surface area (Å²) in [4.78, 5) is 0. The zero-order valence-corrected chi connectivity index (χ0v) is 10.2. The van der Waals surface area contributed by atoms with Crippen LogP contribution in [0.4, 0.5) is 0 Å². The molecule has 0 aromatic heterocycles. The predicted octanol–water partition coefficient (Wildman–Crippen LogP) is 4.48. The molecule has 0 unspecified atom stereocenters. The summed E-state index contributed by atoms with van der Waals surface area (Å²) in [5.41, 5.74) is 2.34. The first-order valence-corrected chi connectivity index (χ1v) is 5.60. The van der Waals surface area contributed by atoms with Gasteiger partial charge in [0.25, 0.3) is 0 Å². The summed E-state index contributed by atoms with van der Waals surface area (Å²) >= 11 is 2.33. The standard InChI is InChI=1S/C13H11I/c1-9(2)10-3-4-12-8-13(14)6-5-11(12)7-10/h3-8H,1H2,2H3. The third-order valence-electron chi connectivity index (χ3n) is 2.30. The van der Waals surface area contributed by atoms with Crippen LogP contribution in [0.1, 0.15) is 12.5 Å². The SMILES string of the molecule is C=C(C)c1ccc2cc(I)ccc2c1. The Labute approximate surface area is 97.8 Å². The maximum Gasteiger partial charge on any atom is 0.0136 e. The van der Waals surface area contributed by atoms with E-state index in [0.29, 0.717) is 0 Å². The minimum Gasteiger partial charge on any atom is -0.0955 e. The summed E-state index contributed by atoms with van der Waals surface area (Å²) < 4.78 is 1.28. The molecule has 0 aliphatic heterocycles. The molecule has 2 rings (SSSR count). The van der Waals surface area contributed by atoms with Crippen LogP contribution in [-0.4, -0.2) is 0 Å². The first-order chi connectivity index (χ1) is 6.66. The van der Waals surface area contributed by atoms with Crippen molar-refractivity contribution in [2.24, 2.45) is 0 Å². The fourth-order valence-corrected chi connectivity index (χ4v) is 2.00. The lowest BCUT2D eigenvalue weighted by Crippen LogP contribution is -1.80. The second kappa shape index (κ2) is 3.73. The largest absolute Gasteiger partial charge is 0.0955 e. The number of halogens is 1. The number of hydrogen-bond acceptors (Lipinski definition) is 0. The Hall–Kier alpha value is -0.830. The van der Waals surface area contributed by atoms with Gasteiger partial charge in [0.15, 0.2) is 0 Å². The molecule has 14 heavy (non-hydrogen) atoms. The highest BCUT2D eigenvalue weighted by Gasteiger charge is 1.97. The normalized spacial score (nSPS) is 10.4. The summed E-state index contributed by atoms with van der Waals surface area (Å²) in [6.07, 6.45) is 0. The van der Waals surface area contributed by atoms with Crippen molar-refractivity contribution in [3.8, 4) is 0 Å². The Bertz CT molecular complexity index is 498. The number of hydrogen-bond donors (Lipinski definition) is 0. The van der Waals surface area contributed by atoms with Crippen LogP contribution < -0.4 is 0 Å². The molecular formula is C13H11I. The van der Waals surface area contributed by atoms with Crippen LogP contribution in [-0.2, 0) is 0 Å². The van der Waals surface area contributed by atoms with Crippen molar-refractivity contribution < 1.29 is 0 Å². The van der Waals surface area contributed by atoms with Crippen molar-refractivity contribution >= 4 is 38.9 Å². The van der Waals surface area contributed by atoms with Gasteiger partial charge in [0.1, 0.15) is 0 Å². The molecule has 0 N–H and O–H groups in total. The molecule has 0 saturated carbocycles. The third-order valence-corrected chi connectivity index (χ3v) is 2.97. The number of benzene rings is 2. The van der Waals surface area contributed by atoms with Gasteiger partial charge in [-0.05, 0) is 64.0 Å². The van der Waals surface area contributed by atoms with Gasteiger partial charge in [-0.25, -0.2) is 0 Å². The van der Waals surface area contributed by atoms with E-state index >= 15 is 0 Å². The Kier molecular flexibility index (Phi) is 2.59. The zero-order chi connectivity index (χ0) is 10.1. The first-order valence-electron chi connectivity index (χ1n) is 4.52. The van der Waals surface area contributed by atoms with Crippen LogP contribution in [0.15, 0.2) is 43.0 Å². The quantitative estimate of drug-likeness (QED) is 0.680. The molecule has 0 aliphatic carbocycles. The molecule has 1 heteroatoms. The Balaban J connectivity index is 2.67. The minimum atomic E-state index is 1.12. The van der Waals surface area contributed by atoms with Crippen LogP contribution in [0.3, 0.4) is 0 Å². The molecule has 2 aromatic rings. The van der Waals surface area contributed by atoms with Gasteiger partial charge in [0.05, 0.1) is 0 Å². The summed E-state index contributed by atoms with van der Waals surface area (Å²) in [5, 5.41) is 2.58. The van der Waals surface area contributed by atoms with Gasteiger partial charge in [0, 0.05) is 3.57 Å². The van der Waals surface area contributed by atoms with Crippen LogP contribution in [0.2, 0.25) is 0 Å². The van der Waals surface area contributed by atoms with Crippen molar-refractivity contribution in [2.45, 2.75) is 6.92 Å². The van der Waals surface area contributed by atoms with E-state index in [1.54, 1.807) is 0 Å². The maximum atomic E-state index is 3.95. The van der Waals surface area contributed by atoms with Crippen LogP contribution in [0.5, 0.6) is 0 Å². The summed E-state index contributed by atoms with van der Waals surface area (Å²) in [5.74, 6) is 0. The van der Waals surface area contributed by atoms with E-state index < -0.39 is 0 Å². The van der Waals surface area contributed by atoms with Crippen molar-refractivity contribution in [2.75, 3.05) is 0 Å². The van der Waals surface area contributed by atoms with Gasteiger partial charge in [-0.2, -0.15) is 0 Å². The van der Waals surface area contributed by atoms with Gasteiger partial charge in [-0.15, -0.1) is 0 Å². The van der Waals surface area contributed by atoms with E-state index in [-0.39, 0.29) is 0 Å². The molecule has 0 spiro atoms. The molecular weight excluding hydrogens is 283 g/mol. The van der Waals surface area contributed by atoms with E-state index in [2.05, 4.69) is 65.6 Å². The minimum absolute atomic E-state index is 1.12. The molecule has 0 aliphatic rings. The van der Waals surface area contributed by atoms with Crippen molar-refractivity contribution in [1.82, 2.24) is 0 Å². The van der Waals surface area contributed by atoms with Crippen LogP contribution >= 0.6 is 22.6 Å². The lowest BCUT2D eigenvalue weighted by Gasteiger charge is -2.03. The summed E-state index contributed by atoms with van der Waals surface area (Å²) in [6.45, 7) is 5.98. The van der Waals surface area contributed by atoms with E-state index in [4.69, 9.17) is 0 Å². The van der Waals surface area contributed by atoms with E-state index in [0.717, 1.165) is 5.57 Å². The number of rotatable bonds is 1. The Morgan fingerprint density at radius 2 is 1.71 bits per heavy atom. The Morgan fingerprint density at radius 1 is 1.07 bits per heavy atom. The predicted molar refractivity (Wildman–Crippen MR) is 71.4 cm³/mol. The molecule has 0 radical (unpaired) electrons. The number of allylic oxidation sites excluding steroid dienone is 1. The fourth-order valence-electron chi connectivity index (χ4n) is 1.48. The van der Waals surface area contributed by atoms with E-state index in [1.165, 1.54) is 19.9 Å². The molecule has 70 valence electrons. The average Bonchev–Trinajstić information content (AvgIpc) is 2.16. The molecule has 0 bridgehead atoms. The second-order valence-electron chi connectivity index (χ2n) is 3.49. The van der Waals surface area contributed by atoms with Crippen molar-refractivity contribution in [1.29, 1.82) is 0 Å². The maximum absolute atomic E-state index is 3.95. The highest BCUT2D eigenvalue weighted by molar-refractivity contribution is 14.1. The lowest BCUT2D eigenvalue weighted by atomic mass is 10.0. The smallest absolute Gasteiger partial charge is 0.0136 e. The van der Waals surface area contributed by atoms with Crippen LogP contribution in [0.25, 0.3) is 16.3 Å². The molecule has 0 atom stereocenters. The lowest BCUT2D eigenvalue weighted by molar-refractivity contribution is 1.61. The van der Waals surface area contributed by atoms with Crippen molar-refractivity contribution in [3.63, 3.8) is 0 Å². The van der Waals surface area contributed by atoms with Gasteiger partial charge in [-0.3, -0.25) is 0 Å². The second-order valence-corrected chi connectivity index (χ2v) is 4.73. The van der Waals surface area contributed by atoms with Gasteiger partial charge < -0.3 is 0 Å². The molecule has 0 nitrogen and oxygen atoms in total. The monoisotopic (exact) mass is 294 g/mol. The molecule has 0 heterocycles. The molecule has 2 aromatic carbocycles.